The second-order valence-electron chi connectivity index (χ2n) is 3.45. The summed E-state index contributed by atoms with van der Waals surface area (Å²) in [7, 11) is 1.54. The fourth-order valence-corrected chi connectivity index (χ4v) is 1.28. The monoisotopic (exact) mass is 202 g/mol. The highest BCUT2D eigenvalue weighted by Gasteiger charge is 2.24. The molecule has 0 aliphatic rings. The lowest BCUT2D eigenvalue weighted by molar-refractivity contribution is -0.140. The molecule has 1 atom stereocenters. The number of likely N-dealkylation sites (N-methyl/N-ethyl adjacent to an activating group) is 1. The Morgan fingerprint density at radius 1 is 1.36 bits per heavy atom. The number of carbonyl (C=O) groups is 2. The number of rotatable bonds is 5. The second-order valence-corrected chi connectivity index (χ2v) is 3.45. The first-order valence-electron chi connectivity index (χ1n) is 4.59. The van der Waals surface area contributed by atoms with Crippen molar-refractivity contribution >= 4 is 11.9 Å². The van der Waals surface area contributed by atoms with E-state index in [2.05, 4.69) is 5.32 Å². The Bertz CT molecular complexity index is 216. The Balaban J connectivity index is 4.48. The molecule has 1 unspecified atom stereocenters. The molecule has 5 nitrogen and oxygen atoms in total. The topological polar surface area (TPSA) is 69.6 Å². The number of nitrogens with zero attached hydrogens (tertiary/aromatic N) is 1. The summed E-state index contributed by atoms with van der Waals surface area (Å²) in [5.74, 6) is -1.09. The average molecular weight is 202 g/mol. The number of carboxylic acid groups (broad SMARTS) is 1. The van der Waals surface area contributed by atoms with Crippen molar-refractivity contribution in [1.29, 1.82) is 0 Å². The number of hydrogen-bond donors (Lipinski definition) is 2. The third-order valence-corrected chi connectivity index (χ3v) is 2.10. The Morgan fingerprint density at radius 2 is 1.86 bits per heavy atom. The van der Waals surface area contributed by atoms with E-state index in [1.807, 2.05) is 13.8 Å². The molecule has 1 amide bonds. The fourth-order valence-electron chi connectivity index (χ4n) is 1.28. The molecule has 0 saturated heterocycles. The van der Waals surface area contributed by atoms with Gasteiger partial charge in [0.15, 0.2) is 0 Å². The first-order valence-corrected chi connectivity index (χ1v) is 4.59. The molecule has 0 aromatic rings. The Hall–Kier alpha value is -1.10. The van der Waals surface area contributed by atoms with Gasteiger partial charge in [-0.1, -0.05) is 0 Å². The summed E-state index contributed by atoms with van der Waals surface area (Å²) in [5.41, 5.74) is 0. The zero-order valence-corrected chi connectivity index (χ0v) is 9.07. The Morgan fingerprint density at radius 3 is 2.14 bits per heavy atom. The molecule has 5 heteroatoms. The number of carboxylic acids is 1. The summed E-state index contributed by atoms with van der Waals surface area (Å²) in [4.78, 5) is 23.5. The van der Waals surface area contributed by atoms with Gasteiger partial charge >= 0.3 is 5.97 Å². The molecule has 14 heavy (non-hydrogen) atoms. The van der Waals surface area contributed by atoms with Gasteiger partial charge in [-0.2, -0.15) is 0 Å². The molecule has 0 aliphatic heterocycles. The van der Waals surface area contributed by atoms with Crippen molar-refractivity contribution in [3.8, 4) is 0 Å². The summed E-state index contributed by atoms with van der Waals surface area (Å²) in [5, 5.41) is 11.2. The quantitative estimate of drug-likeness (QED) is 0.654. The SMILES string of the molecule is CNC(=O)C(C)N(CC(=O)O)C(C)C. The van der Waals surface area contributed by atoms with E-state index in [0.29, 0.717) is 0 Å². The number of amides is 1. The summed E-state index contributed by atoms with van der Waals surface area (Å²) in [6.07, 6.45) is 0. The van der Waals surface area contributed by atoms with Gasteiger partial charge in [0.05, 0.1) is 12.6 Å². The van der Waals surface area contributed by atoms with Crippen LogP contribution in [0.3, 0.4) is 0 Å². The molecule has 0 heterocycles. The zero-order chi connectivity index (χ0) is 11.3. The van der Waals surface area contributed by atoms with Crippen LogP contribution >= 0.6 is 0 Å². The first kappa shape index (κ1) is 12.9. The summed E-state index contributed by atoms with van der Waals surface area (Å²) < 4.78 is 0. The Kier molecular flexibility index (Phi) is 5.15. The Labute approximate surface area is 84.1 Å². The fraction of sp³-hybridized carbons (Fsp3) is 0.778. The van der Waals surface area contributed by atoms with Gasteiger partial charge in [-0.05, 0) is 20.8 Å². The van der Waals surface area contributed by atoms with Crippen LogP contribution in [0.25, 0.3) is 0 Å². The van der Waals surface area contributed by atoms with Crippen molar-refractivity contribution in [2.24, 2.45) is 0 Å². The van der Waals surface area contributed by atoms with Gasteiger partial charge in [0.25, 0.3) is 0 Å². The minimum absolute atomic E-state index is 0.0263. The van der Waals surface area contributed by atoms with Gasteiger partial charge in [-0.3, -0.25) is 14.5 Å². The van der Waals surface area contributed by atoms with E-state index in [0.717, 1.165) is 0 Å². The lowest BCUT2D eigenvalue weighted by atomic mass is 10.2. The minimum atomic E-state index is -0.922. The normalized spacial score (nSPS) is 13.0. The van der Waals surface area contributed by atoms with E-state index in [1.54, 1.807) is 11.8 Å². The van der Waals surface area contributed by atoms with Crippen molar-refractivity contribution in [2.45, 2.75) is 32.9 Å². The molecule has 0 aliphatic carbocycles. The van der Waals surface area contributed by atoms with Crippen LogP contribution < -0.4 is 5.32 Å². The highest BCUT2D eigenvalue weighted by molar-refractivity contribution is 5.81. The number of hydrogen-bond acceptors (Lipinski definition) is 3. The molecule has 2 N–H and O–H groups in total. The predicted octanol–water partition coefficient (Wildman–Crippen LogP) is -0.0841. The number of nitrogens with one attached hydrogen (secondary N) is 1. The van der Waals surface area contributed by atoms with Crippen LogP contribution in [0.4, 0.5) is 0 Å². The molecule has 0 aromatic heterocycles. The number of carbonyl (C=O) groups excluding carboxylic acids is 1. The van der Waals surface area contributed by atoms with E-state index in [9.17, 15) is 9.59 Å². The van der Waals surface area contributed by atoms with Crippen LogP contribution in [0, 0.1) is 0 Å². The lowest BCUT2D eigenvalue weighted by Crippen LogP contribution is -2.49. The largest absolute Gasteiger partial charge is 0.480 e. The standard InChI is InChI=1S/C9H18N2O3/c1-6(2)11(5-8(12)13)7(3)9(14)10-4/h6-7H,5H2,1-4H3,(H,10,14)(H,12,13). The molecule has 0 saturated carbocycles. The van der Waals surface area contributed by atoms with Crippen LogP contribution in [0.15, 0.2) is 0 Å². The molecule has 0 spiro atoms. The molecular weight excluding hydrogens is 184 g/mol. The van der Waals surface area contributed by atoms with Crippen molar-refractivity contribution < 1.29 is 14.7 Å². The maximum absolute atomic E-state index is 11.3. The molecule has 0 radical (unpaired) electrons. The van der Waals surface area contributed by atoms with Crippen LogP contribution in [0.1, 0.15) is 20.8 Å². The van der Waals surface area contributed by atoms with Gasteiger partial charge in [-0.25, -0.2) is 0 Å². The zero-order valence-electron chi connectivity index (χ0n) is 9.07. The van der Waals surface area contributed by atoms with Crippen molar-refractivity contribution in [3.63, 3.8) is 0 Å². The van der Waals surface area contributed by atoms with Gasteiger partial charge in [0.2, 0.25) is 5.91 Å². The maximum Gasteiger partial charge on any atom is 0.317 e. The van der Waals surface area contributed by atoms with E-state index in [4.69, 9.17) is 5.11 Å². The van der Waals surface area contributed by atoms with Gasteiger partial charge in [0, 0.05) is 13.1 Å². The summed E-state index contributed by atoms with van der Waals surface area (Å²) in [6, 6.07) is -0.394. The molecule has 82 valence electrons. The van der Waals surface area contributed by atoms with Crippen LogP contribution in [0.2, 0.25) is 0 Å². The van der Waals surface area contributed by atoms with Crippen LogP contribution in [-0.2, 0) is 9.59 Å². The van der Waals surface area contributed by atoms with E-state index < -0.39 is 12.0 Å². The van der Waals surface area contributed by atoms with Crippen molar-refractivity contribution in [1.82, 2.24) is 10.2 Å². The molecule has 0 rings (SSSR count). The highest BCUT2D eigenvalue weighted by Crippen LogP contribution is 2.04. The number of aliphatic carboxylic acids is 1. The smallest absolute Gasteiger partial charge is 0.317 e. The van der Waals surface area contributed by atoms with Crippen molar-refractivity contribution in [3.05, 3.63) is 0 Å². The van der Waals surface area contributed by atoms with Crippen molar-refractivity contribution in [2.75, 3.05) is 13.6 Å². The van der Waals surface area contributed by atoms with E-state index >= 15 is 0 Å². The second kappa shape index (κ2) is 5.59. The van der Waals surface area contributed by atoms with E-state index in [1.165, 1.54) is 7.05 Å². The molecule has 0 aromatic carbocycles. The molecular formula is C9H18N2O3. The third-order valence-electron chi connectivity index (χ3n) is 2.10. The van der Waals surface area contributed by atoms with Crippen LogP contribution in [-0.4, -0.2) is 47.6 Å². The third kappa shape index (κ3) is 3.74. The molecule has 0 bridgehead atoms. The van der Waals surface area contributed by atoms with Gasteiger partial charge in [-0.15, -0.1) is 0 Å². The summed E-state index contributed by atoms with van der Waals surface area (Å²) in [6.45, 7) is 5.30. The van der Waals surface area contributed by atoms with Gasteiger partial charge in [0.1, 0.15) is 0 Å². The lowest BCUT2D eigenvalue weighted by Gasteiger charge is -2.29. The first-order chi connectivity index (χ1) is 6.40. The highest BCUT2D eigenvalue weighted by atomic mass is 16.4. The molecule has 0 fully saturated rings. The average Bonchev–Trinajstić information content (AvgIpc) is 2.11. The maximum atomic E-state index is 11.3. The van der Waals surface area contributed by atoms with Gasteiger partial charge < -0.3 is 10.4 Å². The summed E-state index contributed by atoms with van der Waals surface area (Å²) >= 11 is 0. The van der Waals surface area contributed by atoms with Crippen LogP contribution in [0.5, 0.6) is 0 Å². The van der Waals surface area contributed by atoms with E-state index in [-0.39, 0.29) is 18.5 Å². The predicted molar refractivity (Wildman–Crippen MR) is 53.0 cm³/mol. The minimum Gasteiger partial charge on any atom is -0.480 e.